The minimum atomic E-state index is -0.142. The van der Waals surface area contributed by atoms with E-state index in [-0.39, 0.29) is 18.4 Å². The van der Waals surface area contributed by atoms with Gasteiger partial charge in [-0.25, -0.2) is 0 Å². The van der Waals surface area contributed by atoms with E-state index in [2.05, 4.69) is 20.4 Å². The Hall–Kier alpha value is -3.22. The van der Waals surface area contributed by atoms with Gasteiger partial charge in [-0.15, -0.1) is 0 Å². The van der Waals surface area contributed by atoms with Crippen LogP contribution in [0.4, 0.5) is 0 Å². The van der Waals surface area contributed by atoms with E-state index in [1.807, 2.05) is 36.4 Å². The summed E-state index contributed by atoms with van der Waals surface area (Å²) in [6.45, 7) is 0.719. The van der Waals surface area contributed by atoms with Gasteiger partial charge in [0, 0.05) is 12.1 Å². The predicted octanol–water partition coefficient (Wildman–Crippen LogP) is 2.39. The van der Waals surface area contributed by atoms with Gasteiger partial charge in [0.25, 0.3) is 0 Å². The van der Waals surface area contributed by atoms with Crippen molar-refractivity contribution in [3.8, 4) is 17.3 Å². The zero-order chi connectivity index (χ0) is 17.8. The normalized spacial score (nSPS) is 16.2. The summed E-state index contributed by atoms with van der Waals surface area (Å²) >= 11 is 0. The van der Waals surface area contributed by atoms with E-state index in [9.17, 15) is 4.79 Å². The second kappa shape index (κ2) is 7.35. The van der Waals surface area contributed by atoms with Crippen molar-refractivity contribution in [1.29, 1.82) is 0 Å². The molecule has 0 bridgehead atoms. The molecule has 1 amide bonds. The lowest BCUT2D eigenvalue weighted by atomic mass is 9.96. The maximum absolute atomic E-state index is 12.5. The van der Waals surface area contributed by atoms with Crippen LogP contribution in [0.3, 0.4) is 0 Å². The third-order valence-electron chi connectivity index (χ3n) is 4.31. The maximum atomic E-state index is 12.5. The highest BCUT2D eigenvalue weighted by molar-refractivity contribution is 5.79. The summed E-state index contributed by atoms with van der Waals surface area (Å²) in [4.78, 5) is 21.0. The van der Waals surface area contributed by atoms with Crippen molar-refractivity contribution < 1.29 is 14.1 Å². The Bertz CT molecular complexity index is 895. The molecule has 26 heavy (non-hydrogen) atoms. The standard InChI is InChI=1S/C19H18N4O3/c24-19(14-8-10-25-16-7-2-1-5-13(16)11-14)21-12-17-22-18(23-26-17)15-6-3-4-9-20-15/h1-7,9,14H,8,10-12H2,(H,21,24). The Labute approximate surface area is 150 Å². The first-order chi connectivity index (χ1) is 12.8. The summed E-state index contributed by atoms with van der Waals surface area (Å²) in [6.07, 6.45) is 2.99. The zero-order valence-electron chi connectivity index (χ0n) is 14.1. The van der Waals surface area contributed by atoms with E-state index in [0.29, 0.717) is 36.9 Å². The van der Waals surface area contributed by atoms with E-state index in [1.165, 1.54) is 0 Å². The van der Waals surface area contributed by atoms with Crippen molar-refractivity contribution in [3.05, 3.63) is 60.1 Å². The number of amides is 1. The topological polar surface area (TPSA) is 90.1 Å². The lowest BCUT2D eigenvalue weighted by Gasteiger charge is -2.12. The maximum Gasteiger partial charge on any atom is 0.246 e. The van der Waals surface area contributed by atoms with Gasteiger partial charge in [-0.1, -0.05) is 29.4 Å². The average Bonchev–Trinajstić information content (AvgIpc) is 3.05. The molecule has 3 aromatic rings. The predicted molar refractivity (Wildman–Crippen MR) is 93.1 cm³/mol. The first-order valence-electron chi connectivity index (χ1n) is 8.52. The number of hydrogen-bond donors (Lipinski definition) is 1. The van der Waals surface area contributed by atoms with E-state index < -0.39 is 0 Å². The average molecular weight is 350 g/mol. The van der Waals surface area contributed by atoms with Crippen LogP contribution in [-0.2, 0) is 17.8 Å². The van der Waals surface area contributed by atoms with Gasteiger partial charge in [0.05, 0.1) is 13.2 Å². The number of para-hydroxylation sites is 1. The molecule has 0 saturated carbocycles. The largest absolute Gasteiger partial charge is 0.493 e. The molecule has 3 heterocycles. The van der Waals surface area contributed by atoms with Crippen LogP contribution in [-0.4, -0.2) is 27.6 Å². The van der Waals surface area contributed by atoms with Crippen molar-refractivity contribution in [2.45, 2.75) is 19.4 Å². The van der Waals surface area contributed by atoms with Gasteiger partial charge in [-0.2, -0.15) is 4.98 Å². The molecule has 4 rings (SSSR count). The van der Waals surface area contributed by atoms with E-state index >= 15 is 0 Å². The fourth-order valence-corrected chi connectivity index (χ4v) is 2.95. The summed E-state index contributed by atoms with van der Waals surface area (Å²) in [5, 5.41) is 6.78. The van der Waals surface area contributed by atoms with Gasteiger partial charge >= 0.3 is 0 Å². The summed E-state index contributed by atoms with van der Waals surface area (Å²) in [7, 11) is 0. The number of ether oxygens (including phenoxy) is 1. The van der Waals surface area contributed by atoms with E-state index in [4.69, 9.17) is 9.26 Å². The Balaban J connectivity index is 1.38. The number of nitrogens with one attached hydrogen (secondary N) is 1. The number of carbonyl (C=O) groups excluding carboxylic acids is 1. The molecule has 0 spiro atoms. The third kappa shape index (κ3) is 3.56. The van der Waals surface area contributed by atoms with Crippen molar-refractivity contribution in [1.82, 2.24) is 20.4 Å². The van der Waals surface area contributed by atoms with Gasteiger partial charge in [-0.3, -0.25) is 9.78 Å². The monoisotopic (exact) mass is 350 g/mol. The highest BCUT2D eigenvalue weighted by Gasteiger charge is 2.24. The van der Waals surface area contributed by atoms with Crippen molar-refractivity contribution >= 4 is 5.91 Å². The molecule has 1 N–H and O–H groups in total. The molecular weight excluding hydrogens is 332 g/mol. The quantitative estimate of drug-likeness (QED) is 0.777. The molecule has 0 saturated heterocycles. The summed E-state index contributed by atoms with van der Waals surface area (Å²) in [5.74, 6) is 1.44. The Morgan fingerprint density at radius 1 is 1.19 bits per heavy atom. The lowest BCUT2D eigenvalue weighted by Crippen LogP contribution is -2.31. The molecule has 1 aromatic carbocycles. The molecular formula is C19H18N4O3. The molecule has 1 unspecified atom stereocenters. The number of benzene rings is 1. The summed E-state index contributed by atoms with van der Waals surface area (Å²) < 4.78 is 10.9. The molecule has 7 heteroatoms. The first-order valence-corrected chi connectivity index (χ1v) is 8.52. The smallest absolute Gasteiger partial charge is 0.246 e. The van der Waals surface area contributed by atoms with Crippen LogP contribution in [0.5, 0.6) is 5.75 Å². The summed E-state index contributed by atoms with van der Waals surface area (Å²) in [5.41, 5.74) is 1.69. The van der Waals surface area contributed by atoms with Crippen molar-refractivity contribution in [3.63, 3.8) is 0 Å². The fourth-order valence-electron chi connectivity index (χ4n) is 2.95. The van der Waals surface area contributed by atoms with Gasteiger partial charge in [0.2, 0.25) is 17.6 Å². The molecule has 2 aromatic heterocycles. The zero-order valence-corrected chi connectivity index (χ0v) is 14.1. The molecule has 0 fully saturated rings. The van der Waals surface area contributed by atoms with Crippen LogP contribution in [0.1, 0.15) is 17.9 Å². The van der Waals surface area contributed by atoms with Gasteiger partial charge in [0.15, 0.2) is 0 Å². The van der Waals surface area contributed by atoms with Crippen molar-refractivity contribution in [2.75, 3.05) is 6.61 Å². The number of carbonyl (C=O) groups is 1. The molecule has 1 atom stereocenters. The number of nitrogens with zero attached hydrogens (tertiary/aromatic N) is 3. The molecule has 132 valence electrons. The second-order valence-corrected chi connectivity index (χ2v) is 6.09. The van der Waals surface area contributed by atoms with Crippen LogP contribution < -0.4 is 10.1 Å². The second-order valence-electron chi connectivity index (χ2n) is 6.09. The summed E-state index contributed by atoms with van der Waals surface area (Å²) in [6, 6.07) is 13.3. The highest BCUT2D eigenvalue weighted by atomic mass is 16.5. The Kier molecular flexibility index (Phi) is 4.59. The van der Waals surface area contributed by atoms with Gasteiger partial charge in [-0.05, 0) is 36.6 Å². The number of pyridine rings is 1. The van der Waals surface area contributed by atoms with Gasteiger partial charge in [0.1, 0.15) is 11.4 Å². The Morgan fingerprint density at radius 2 is 2.08 bits per heavy atom. The number of hydrogen-bond acceptors (Lipinski definition) is 6. The highest BCUT2D eigenvalue weighted by Crippen LogP contribution is 2.26. The van der Waals surface area contributed by atoms with Crippen molar-refractivity contribution in [2.24, 2.45) is 5.92 Å². The fraction of sp³-hybridized carbons (Fsp3) is 0.263. The van der Waals surface area contributed by atoms with E-state index in [0.717, 1.165) is 11.3 Å². The van der Waals surface area contributed by atoms with Gasteiger partial charge < -0.3 is 14.6 Å². The van der Waals surface area contributed by atoms with Crippen LogP contribution in [0.15, 0.2) is 53.2 Å². The number of aromatic nitrogens is 3. The first kappa shape index (κ1) is 16.3. The molecule has 0 aliphatic carbocycles. The van der Waals surface area contributed by atoms with Crippen LogP contribution in [0, 0.1) is 5.92 Å². The number of fused-ring (bicyclic) bond motifs is 1. The molecule has 0 radical (unpaired) electrons. The molecule has 1 aliphatic rings. The lowest BCUT2D eigenvalue weighted by molar-refractivity contribution is -0.125. The minimum absolute atomic E-state index is 0.0390. The SMILES string of the molecule is O=C(NCc1nc(-c2ccccn2)no1)C1CCOc2ccccc2C1. The van der Waals surface area contributed by atoms with E-state index in [1.54, 1.807) is 12.3 Å². The van der Waals surface area contributed by atoms with Crippen LogP contribution in [0.2, 0.25) is 0 Å². The third-order valence-corrected chi connectivity index (χ3v) is 4.31. The Morgan fingerprint density at radius 3 is 2.96 bits per heavy atom. The van der Waals surface area contributed by atoms with Crippen LogP contribution in [0.25, 0.3) is 11.5 Å². The molecule has 7 nitrogen and oxygen atoms in total. The van der Waals surface area contributed by atoms with Crippen LogP contribution >= 0.6 is 0 Å². The minimum Gasteiger partial charge on any atom is -0.493 e. The number of rotatable bonds is 4. The molecule has 1 aliphatic heterocycles.